The van der Waals surface area contributed by atoms with E-state index in [1.807, 2.05) is 16.6 Å². The summed E-state index contributed by atoms with van der Waals surface area (Å²) in [5.41, 5.74) is 10.2. The van der Waals surface area contributed by atoms with Gasteiger partial charge >= 0.3 is 0 Å². The van der Waals surface area contributed by atoms with Crippen molar-refractivity contribution < 1.29 is 4.39 Å². The molecule has 0 atom stereocenters. The summed E-state index contributed by atoms with van der Waals surface area (Å²) in [7, 11) is 0. The van der Waals surface area contributed by atoms with Crippen LogP contribution in [0.5, 0.6) is 0 Å². The second kappa shape index (κ2) is 5.62. The summed E-state index contributed by atoms with van der Waals surface area (Å²) in [5, 5.41) is 8.01. The number of hydrogen-bond donors (Lipinski definition) is 2. The zero-order valence-electron chi connectivity index (χ0n) is 12.7. The van der Waals surface area contributed by atoms with Crippen molar-refractivity contribution in [1.29, 1.82) is 0 Å². The van der Waals surface area contributed by atoms with E-state index in [0.29, 0.717) is 13.1 Å². The number of fused-ring (bicyclic) bond motifs is 2. The molecular formula is C17H18FN5. The largest absolute Gasteiger partial charge is 0.368 e. The highest BCUT2D eigenvalue weighted by Gasteiger charge is 2.21. The van der Waals surface area contributed by atoms with E-state index >= 15 is 0 Å². The van der Waals surface area contributed by atoms with Crippen LogP contribution in [-0.4, -0.2) is 27.7 Å². The zero-order chi connectivity index (χ0) is 15.8. The Bertz CT molecular complexity index is 871. The summed E-state index contributed by atoms with van der Waals surface area (Å²) < 4.78 is 15.3. The Balaban J connectivity index is 1.88. The van der Waals surface area contributed by atoms with Gasteiger partial charge in [-0.1, -0.05) is 12.1 Å². The molecule has 0 saturated heterocycles. The zero-order valence-corrected chi connectivity index (χ0v) is 12.7. The van der Waals surface area contributed by atoms with Crippen LogP contribution >= 0.6 is 0 Å². The molecule has 3 N–H and O–H groups in total. The van der Waals surface area contributed by atoms with Crippen LogP contribution in [0.3, 0.4) is 0 Å². The number of hydrogen-bond acceptors (Lipinski definition) is 4. The molecule has 2 heterocycles. The van der Waals surface area contributed by atoms with Crippen LogP contribution < -0.4 is 11.1 Å². The molecule has 1 aliphatic rings. The van der Waals surface area contributed by atoms with Crippen molar-refractivity contribution in [2.45, 2.75) is 19.3 Å². The third-order valence-corrected chi connectivity index (χ3v) is 4.18. The Morgan fingerprint density at radius 1 is 1.26 bits per heavy atom. The van der Waals surface area contributed by atoms with E-state index in [1.54, 1.807) is 6.07 Å². The molecule has 0 spiro atoms. The van der Waals surface area contributed by atoms with E-state index in [1.165, 1.54) is 17.7 Å². The molecule has 6 heteroatoms. The Labute approximate surface area is 133 Å². The maximum atomic E-state index is 13.5. The summed E-state index contributed by atoms with van der Waals surface area (Å²) in [5.74, 6) is 0.701. The molecule has 0 fully saturated rings. The standard InChI is InChI=1S/C17H18FN5/c18-12-4-1-3-11(9-12)15-10-16-21-14-6-2-5-13(14)17(20-8-7-19)23(16)22-15/h1,3-4,9-10,20H,2,5-8,19H2. The second-order valence-corrected chi connectivity index (χ2v) is 5.76. The number of anilines is 1. The molecule has 0 unspecified atom stereocenters. The van der Waals surface area contributed by atoms with Crippen molar-refractivity contribution in [3.05, 3.63) is 47.4 Å². The van der Waals surface area contributed by atoms with Gasteiger partial charge in [0.05, 0.1) is 5.69 Å². The van der Waals surface area contributed by atoms with Gasteiger partial charge in [0.25, 0.3) is 0 Å². The molecule has 1 aromatic carbocycles. The van der Waals surface area contributed by atoms with Crippen LogP contribution in [0, 0.1) is 5.82 Å². The molecule has 2 aromatic heterocycles. The Morgan fingerprint density at radius 3 is 3.00 bits per heavy atom. The van der Waals surface area contributed by atoms with E-state index in [4.69, 9.17) is 10.7 Å². The Hall–Kier alpha value is -2.47. The molecule has 0 radical (unpaired) electrons. The molecule has 0 aliphatic heterocycles. The van der Waals surface area contributed by atoms with Crippen LogP contribution in [0.1, 0.15) is 17.7 Å². The molecule has 1 aliphatic carbocycles. The summed E-state index contributed by atoms with van der Waals surface area (Å²) >= 11 is 0. The average molecular weight is 311 g/mol. The van der Waals surface area contributed by atoms with Crippen molar-refractivity contribution in [3.63, 3.8) is 0 Å². The van der Waals surface area contributed by atoms with E-state index in [2.05, 4.69) is 10.4 Å². The van der Waals surface area contributed by atoms with Crippen LogP contribution in [0.25, 0.3) is 16.9 Å². The Morgan fingerprint density at radius 2 is 2.17 bits per heavy atom. The first-order chi connectivity index (χ1) is 11.3. The van der Waals surface area contributed by atoms with Crippen LogP contribution in [-0.2, 0) is 12.8 Å². The fraction of sp³-hybridized carbons (Fsp3) is 0.294. The highest BCUT2D eigenvalue weighted by molar-refractivity contribution is 5.67. The summed E-state index contributed by atoms with van der Waals surface area (Å²) in [4.78, 5) is 4.73. The summed E-state index contributed by atoms with van der Waals surface area (Å²) in [6, 6.07) is 8.37. The van der Waals surface area contributed by atoms with Crippen molar-refractivity contribution in [2.24, 2.45) is 5.73 Å². The first kappa shape index (κ1) is 14.1. The quantitative estimate of drug-likeness (QED) is 0.776. The number of aromatic nitrogens is 3. The van der Waals surface area contributed by atoms with Gasteiger partial charge in [-0.25, -0.2) is 9.37 Å². The van der Waals surface area contributed by atoms with Gasteiger partial charge < -0.3 is 11.1 Å². The van der Waals surface area contributed by atoms with Crippen molar-refractivity contribution in [1.82, 2.24) is 14.6 Å². The maximum Gasteiger partial charge on any atom is 0.158 e. The minimum Gasteiger partial charge on any atom is -0.368 e. The molecule has 118 valence electrons. The van der Waals surface area contributed by atoms with Gasteiger partial charge in [0, 0.05) is 36.0 Å². The minimum atomic E-state index is -0.267. The van der Waals surface area contributed by atoms with Crippen molar-refractivity contribution >= 4 is 11.5 Å². The van der Waals surface area contributed by atoms with Gasteiger partial charge in [0.15, 0.2) is 5.65 Å². The van der Waals surface area contributed by atoms with E-state index in [0.717, 1.165) is 47.7 Å². The third-order valence-electron chi connectivity index (χ3n) is 4.18. The lowest BCUT2D eigenvalue weighted by Crippen LogP contribution is -2.17. The van der Waals surface area contributed by atoms with E-state index in [9.17, 15) is 4.39 Å². The SMILES string of the molecule is NCCNc1c2c(nc3cc(-c4cccc(F)c4)nn13)CCC2. The summed E-state index contributed by atoms with van der Waals surface area (Å²) in [6.07, 6.45) is 3.10. The number of nitrogens with zero attached hydrogens (tertiary/aromatic N) is 3. The lowest BCUT2D eigenvalue weighted by atomic mass is 10.1. The highest BCUT2D eigenvalue weighted by atomic mass is 19.1. The first-order valence-corrected chi connectivity index (χ1v) is 7.87. The van der Waals surface area contributed by atoms with Crippen LogP contribution in [0.4, 0.5) is 10.2 Å². The van der Waals surface area contributed by atoms with Crippen molar-refractivity contribution in [3.8, 4) is 11.3 Å². The Kier molecular flexibility index (Phi) is 3.46. The molecule has 0 saturated carbocycles. The first-order valence-electron chi connectivity index (χ1n) is 7.87. The number of nitrogens with two attached hydrogens (primary N) is 1. The molecule has 0 amide bonds. The molecule has 4 rings (SSSR count). The van der Waals surface area contributed by atoms with Crippen LogP contribution in [0.15, 0.2) is 30.3 Å². The normalized spacial score (nSPS) is 13.5. The number of aryl methyl sites for hydroxylation is 1. The summed E-state index contributed by atoms with van der Waals surface area (Å²) in [6.45, 7) is 1.23. The number of nitrogens with one attached hydrogen (secondary N) is 1. The van der Waals surface area contributed by atoms with Crippen LogP contribution in [0.2, 0.25) is 0 Å². The highest BCUT2D eigenvalue weighted by Crippen LogP contribution is 2.30. The lowest BCUT2D eigenvalue weighted by Gasteiger charge is -2.12. The lowest BCUT2D eigenvalue weighted by molar-refractivity contribution is 0.628. The molecular weight excluding hydrogens is 293 g/mol. The predicted molar refractivity (Wildman–Crippen MR) is 88.0 cm³/mol. The fourth-order valence-corrected chi connectivity index (χ4v) is 3.15. The van der Waals surface area contributed by atoms with Gasteiger partial charge in [-0.05, 0) is 31.4 Å². The third kappa shape index (κ3) is 2.45. The van der Waals surface area contributed by atoms with Gasteiger partial charge in [0.1, 0.15) is 11.6 Å². The monoisotopic (exact) mass is 311 g/mol. The van der Waals surface area contributed by atoms with Crippen molar-refractivity contribution in [2.75, 3.05) is 18.4 Å². The molecule has 23 heavy (non-hydrogen) atoms. The van der Waals surface area contributed by atoms with E-state index in [-0.39, 0.29) is 5.82 Å². The smallest absolute Gasteiger partial charge is 0.158 e. The minimum absolute atomic E-state index is 0.267. The molecule has 5 nitrogen and oxygen atoms in total. The predicted octanol–water partition coefficient (Wildman–Crippen LogP) is 2.39. The van der Waals surface area contributed by atoms with Gasteiger partial charge in [-0.15, -0.1) is 0 Å². The van der Waals surface area contributed by atoms with E-state index < -0.39 is 0 Å². The average Bonchev–Trinajstić information content (AvgIpc) is 3.17. The topological polar surface area (TPSA) is 68.2 Å². The number of benzene rings is 1. The van der Waals surface area contributed by atoms with Gasteiger partial charge in [-0.3, -0.25) is 0 Å². The maximum absolute atomic E-state index is 13.5. The number of rotatable bonds is 4. The number of halogens is 1. The second-order valence-electron chi connectivity index (χ2n) is 5.76. The molecule has 0 bridgehead atoms. The van der Waals surface area contributed by atoms with Gasteiger partial charge in [-0.2, -0.15) is 9.61 Å². The van der Waals surface area contributed by atoms with Gasteiger partial charge in [0.2, 0.25) is 0 Å². The molecule has 3 aromatic rings. The fourth-order valence-electron chi connectivity index (χ4n) is 3.15.